The van der Waals surface area contributed by atoms with E-state index in [1.165, 1.54) is 0 Å². The van der Waals surface area contributed by atoms with Gasteiger partial charge in [-0.15, -0.1) is 0 Å². The number of hydrogen-bond donors (Lipinski definition) is 1. The molecule has 0 spiro atoms. The molecule has 2 radical (unpaired) electrons. The van der Waals surface area contributed by atoms with Gasteiger partial charge < -0.3 is 5.73 Å². The van der Waals surface area contributed by atoms with Crippen molar-refractivity contribution < 1.29 is 4.79 Å². The molecule has 0 unspecified atom stereocenters. The average Bonchev–Trinajstić information content (AvgIpc) is 1.61. The van der Waals surface area contributed by atoms with E-state index in [4.69, 9.17) is 12.7 Å². The highest BCUT2D eigenvalue weighted by atomic mass is 16.1. The van der Waals surface area contributed by atoms with E-state index in [1.807, 2.05) is 0 Å². The molecular formula is C5H9NO. The predicted molar refractivity (Wildman–Crippen MR) is 27.3 cm³/mol. The van der Waals surface area contributed by atoms with E-state index in [1.54, 1.807) is 0 Å². The predicted octanol–water partition coefficient (Wildman–Crippen LogP) is 0.353. The highest BCUT2D eigenvalue weighted by Gasteiger charge is 1.88. The molecule has 0 aromatic heterocycles. The van der Waals surface area contributed by atoms with Crippen molar-refractivity contribution in [3.63, 3.8) is 0 Å². The van der Waals surface area contributed by atoms with Gasteiger partial charge in [-0.05, 0) is 19.8 Å². The fourth-order valence-corrected chi connectivity index (χ4v) is 0.276. The Balaban J connectivity index is 2.82. The summed E-state index contributed by atoms with van der Waals surface area (Å²) in [5.41, 5.74) is 4.78. The second-order valence-corrected chi connectivity index (χ2v) is 1.36. The van der Waals surface area contributed by atoms with Gasteiger partial charge in [0.15, 0.2) is 0 Å². The molecule has 0 aromatic carbocycles. The molecule has 0 aliphatic rings. The first-order chi connectivity index (χ1) is 3.27. The summed E-state index contributed by atoms with van der Waals surface area (Å²) < 4.78 is 0. The Morgan fingerprint density at radius 2 is 2.29 bits per heavy atom. The lowest BCUT2D eigenvalue weighted by Crippen LogP contribution is -2.09. The van der Waals surface area contributed by atoms with Gasteiger partial charge in [0.2, 0.25) is 5.91 Å². The topological polar surface area (TPSA) is 43.1 Å². The molecular weight excluding hydrogens is 90.1 g/mol. The Morgan fingerprint density at radius 3 is 2.43 bits per heavy atom. The van der Waals surface area contributed by atoms with Gasteiger partial charge in [0, 0.05) is 6.42 Å². The highest BCUT2D eigenvalue weighted by Crippen LogP contribution is 1.89. The molecule has 2 nitrogen and oxygen atoms in total. The minimum atomic E-state index is -0.273. The Kier molecular flexibility index (Phi) is 3.38. The lowest BCUT2D eigenvalue weighted by atomic mass is 10.2. The summed E-state index contributed by atoms with van der Waals surface area (Å²) in [4.78, 5) is 9.92. The van der Waals surface area contributed by atoms with Crippen LogP contribution in [-0.4, -0.2) is 5.91 Å². The van der Waals surface area contributed by atoms with E-state index in [-0.39, 0.29) is 5.91 Å². The summed E-state index contributed by atoms with van der Waals surface area (Å²) in [6.07, 6.45) is 1.66. The molecule has 0 aliphatic heterocycles. The van der Waals surface area contributed by atoms with E-state index in [0.717, 1.165) is 0 Å². The molecule has 0 saturated carbocycles. The minimum absolute atomic E-state index is 0.273. The monoisotopic (exact) mass is 99.1 g/mol. The molecule has 0 bridgehead atoms. The van der Waals surface area contributed by atoms with Crippen LogP contribution in [0.25, 0.3) is 0 Å². The summed E-state index contributed by atoms with van der Waals surface area (Å²) >= 11 is 0. The van der Waals surface area contributed by atoms with Crippen molar-refractivity contribution >= 4 is 5.91 Å². The van der Waals surface area contributed by atoms with Crippen LogP contribution in [0.1, 0.15) is 19.3 Å². The van der Waals surface area contributed by atoms with E-state index in [9.17, 15) is 4.79 Å². The molecule has 0 rings (SSSR count). The van der Waals surface area contributed by atoms with Crippen LogP contribution in [0.4, 0.5) is 0 Å². The first-order valence-corrected chi connectivity index (χ1v) is 2.25. The molecule has 0 atom stereocenters. The lowest BCUT2D eigenvalue weighted by molar-refractivity contribution is -0.118. The van der Waals surface area contributed by atoms with E-state index in [2.05, 4.69) is 0 Å². The molecule has 0 fully saturated rings. The van der Waals surface area contributed by atoms with E-state index in [0.29, 0.717) is 19.3 Å². The second-order valence-electron chi connectivity index (χ2n) is 1.36. The Labute approximate surface area is 43.7 Å². The summed E-state index contributed by atoms with van der Waals surface area (Å²) in [5.74, 6) is -0.273. The quantitative estimate of drug-likeness (QED) is 0.545. The molecule has 7 heavy (non-hydrogen) atoms. The van der Waals surface area contributed by atoms with Gasteiger partial charge in [-0.25, -0.2) is 0 Å². The molecule has 2 heteroatoms. The number of carbonyl (C=O) groups is 1. The molecule has 0 aliphatic carbocycles. The third-order valence-corrected chi connectivity index (χ3v) is 0.627. The molecule has 40 valence electrons. The van der Waals surface area contributed by atoms with Crippen molar-refractivity contribution in [2.45, 2.75) is 19.3 Å². The Hall–Kier alpha value is -0.530. The number of primary amides is 1. The standard InChI is InChI=1S/C5H9NO/c1-2-3-4-5(6)7/h1H,2-4H2,(H2,6,7). The zero-order valence-electron chi connectivity index (χ0n) is 4.18. The number of unbranched alkanes of at least 4 members (excludes halogenated alkanes) is 1. The van der Waals surface area contributed by atoms with Crippen molar-refractivity contribution in [1.82, 2.24) is 0 Å². The minimum Gasteiger partial charge on any atom is -0.370 e. The Morgan fingerprint density at radius 1 is 1.71 bits per heavy atom. The fourth-order valence-electron chi connectivity index (χ4n) is 0.276. The summed E-state index contributed by atoms with van der Waals surface area (Å²) in [7, 11) is 0. The number of nitrogens with two attached hydrogens (primary N) is 1. The largest absolute Gasteiger partial charge is 0.370 e. The third-order valence-electron chi connectivity index (χ3n) is 0.627. The lowest BCUT2D eigenvalue weighted by Gasteiger charge is -1.86. The first kappa shape index (κ1) is 6.47. The van der Waals surface area contributed by atoms with Crippen molar-refractivity contribution in [1.29, 1.82) is 0 Å². The molecule has 2 N–H and O–H groups in total. The average molecular weight is 99.1 g/mol. The number of rotatable bonds is 3. The van der Waals surface area contributed by atoms with Crippen LogP contribution in [-0.2, 0) is 4.79 Å². The van der Waals surface area contributed by atoms with Crippen LogP contribution in [0.15, 0.2) is 0 Å². The van der Waals surface area contributed by atoms with E-state index < -0.39 is 0 Å². The fraction of sp³-hybridized carbons (Fsp3) is 0.600. The van der Waals surface area contributed by atoms with Crippen molar-refractivity contribution in [2.24, 2.45) is 5.73 Å². The van der Waals surface area contributed by atoms with Crippen LogP contribution in [0.5, 0.6) is 0 Å². The summed E-state index contributed by atoms with van der Waals surface area (Å²) in [5, 5.41) is 0. The second kappa shape index (κ2) is 3.65. The van der Waals surface area contributed by atoms with Gasteiger partial charge in [0.1, 0.15) is 0 Å². The van der Waals surface area contributed by atoms with Gasteiger partial charge in [-0.2, -0.15) is 0 Å². The Bertz CT molecular complexity index is 61.1. The van der Waals surface area contributed by atoms with Crippen molar-refractivity contribution in [2.75, 3.05) is 0 Å². The van der Waals surface area contributed by atoms with Crippen LogP contribution in [0, 0.1) is 6.92 Å². The normalized spacial score (nSPS) is 8.71. The first-order valence-electron chi connectivity index (χ1n) is 2.25. The number of amides is 1. The maximum Gasteiger partial charge on any atom is 0.217 e. The summed E-state index contributed by atoms with van der Waals surface area (Å²) in [6.45, 7) is 5.07. The van der Waals surface area contributed by atoms with Gasteiger partial charge in [-0.1, -0.05) is 0 Å². The number of carbonyl (C=O) groups excluding carboxylic acids is 1. The van der Waals surface area contributed by atoms with Gasteiger partial charge in [0.05, 0.1) is 0 Å². The molecule has 0 aromatic rings. The molecule has 0 heterocycles. The summed E-state index contributed by atoms with van der Waals surface area (Å²) in [6, 6.07) is 0. The SMILES string of the molecule is [CH]CCCC(N)=O. The van der Waals surface area contributed by atoms with Gasteiger partial charge >= 0.3 is 0 Å². The smallest absolute Gasteiger partial charge is 0.217 e. The molecule has 0 saturated heterocycles. The van der Waals surface area contributed by atoms with Crippen LogP contribution < -0.4 is 5.73 Å². The van der Waals surface area contributed by atoms with Crippen molar-refractivity contribution in [3.8, 4) is 0 Å². The van der Waals surface area contributed by atoms with Gasteiger partial charge in [-0.3, -0.25) is 4.79 Å². The highest BCUT2D eigenvalue weighted by molar-refractivity contribution is 5.73. The van der Waals surface area contributed by atoms with Crippen LogP contribution in [0.2, 0.25) is 0 Å². The van der Waals surface area contributed by atoms with Crippen LogP contribution in [0.3, 0.4) is 0 Å². The maximum absolute atomic E-state index is 9.92. The number of hydrogen-bond acceptors (Lipinski definition) is 1. The maximum atomic E-state index is 9.92. The van der Waals surface area contributed by atoms with Gasteiger partial charge in [0.25, 0.3) is 0 Å². The molecule has 1 amide bonds. The third kappa shape index (κ3) is 5.47. The zero-order chi connectivity index (χ0) is 5.70. The van der Waals surface area contributed by atoms with Crippen LogP contribution >= 0.6 is 0 Å². The van der Waals surface area contributed by atoms with E-state index >= 15 is 0 Å². The van der Waals surface area contributed by atoms with Crippen molar-refractivity contribution in [3.05, 3.63) is 6.92 Å². The zero-order valence-corrected chi connectivity index (χ0v) is 4.18.